The van der Waals surface area contributed by atoms with E-state index in [4.69, 9.17) is 9.47 Å². The van der Waals surface area contributed by atoms with Gasteiger partial charge in [-0.15, -0.1) is 11.3 Å². The Morgan fingerprint density at radius 2 is 1.88 bits per heavy atom. The summed E-state index contributed by atoms with van der Waals surface area (Å²) in [5.41, 5.74) is 0.485. The number of hydrogen-bond acceptors (Lipinski definition) is 8. The zero-order valence-electron chi connectivity index (χ0n) is 18.7. The van der Waals surface area contributed by atoms with Crippen LogP contribution in [0.1, 0.15) is 58.7 Å². The molecule has 2 N–H and O–H groups in total. The van der Waals surface area contributed by atoms with Crippen molar-refractivity contribution in [2.24, 2.45) is 5.92 Å². The van der Waals surface area contributed by atoms with Crippen molar-refractivity contribution in [2.45, 2.75) is 40.0 Å². The smallest absolute Gasteiger partial charge is 0.341 e. The quantitative estimate of drug-likeness (QED) is 0.557. The molecule has 0 spiro atoms. The van der Waals surface area contributed by atoms with Crippen molar-refractivity contribution in [3.63, 3.8) is 0 Å². The second-order valence-electron chi connectivity index (χ2n) is 7.25. The summed E-state index contributed by atoms with van der Waals surface area (Å²) in [6, 6.07) is 0. The molecule has 176 valence electrons. The van der Waals surface area contributed by atoms with Gasteiger partial charge in [-0.3, -0.25) is 19.2 Å². The lowest BCUT2D eigenvalue weighted by molar-refractivity contribution is -0.154. The molecule has 10 nitrogen and oxygen atoms in total. The first-order valence-electron chi connectivity index (χ1n) is 10.5. The standard InChI is InChI=1S/C21H29N3O7S/c1-5-15(26)24-9-7-8-13(10-24)20(28)31-11-14(25)23-19-16(21(29)30-6-2)12(3)17(32-19)18(27)22-4/h13H,5-11H2,1-4H3,(H,22,27)(H,23,25). The maximum atomic E-state index is 12.4. The molecule has 0 aromatic carbocycles. The fourth-order valence-electron chi connectivity index (χ4n) is 3.42. The molecule has 0 saturated carbocycles. The Hall–Kier alpha value is -2.95. The van der Waals surface area contributed by atoms with Crippen LogP contribution in [0.4, 0.5) is 5.00 Å². The number of thiophene rings is 1. The van der Waals surface area contributed by atoms with Gasteiger partial charge in [0.25, 0.3) is 11.8 Å². The first-order valence-corrected chi connectivity index (χ1v) is 11.3. The first-order chi connectivity index (χ1) is 15.2. The van der Waals surface area contributed by atoms with Gasteiger partial charge >= 0.3 is 11.9 Å². The van der Waals surface area contributed by atoms with Gasteiger partial charge in [0, 0.05) is 26.6 Å². The number of carbonyl (C=O) groups is 5. The second-order valence-corrected chi connectivity index (χ2v) is 8.27. The Kier molecular flexibility index (Phi) is 9.18. The molecule has 2 heterocycles. The van der Waals surface area contributed by atoms with Crippen LogP contribution in [0.15, 0.2) is 0 Å². The predicted molar refractivity (Wildman–Crippen MR) is 118 cm³/mol. The molecular formula is C21H29N3O7S. The van der Waals surface area contributed by atoms with Crippen molar-refractivity contribution in [1.29, 1.82) is 0 Å². The molecule has 1 unspecified atom stereocenters. The average molecular weight is 468 g/mol. The number of nitrogens with zero attached hydrogens (tertiary/aromatic N) is 1. The Morgan fingerprint density at radius 3 is 2.50 bits per heavy atom. The molecule has 1 atom stereocenters. The third-order valence-corrected chi connectivity index (χ3v) is 6.27. The number of esters is 2. The van der Waals surface area contributed by atoms with Crippen molar-refractivity contribution in [3.05, 3.63) is 16.0 Å². The van der Waals surface area contributed by atoms with Crippen LogP contribution in [0.3, 0.4) is 0 Å². The molecule has 1 aromatic rings. The van der Waals surface area contributed by atoms with Crippen LogP contribution < -0.4 is 10.6 Å². The second kappa shape index (κ2) is 11.6. The molecule has 32 heavy (non-hydrogen) atoms. The Balaban J connectivity index is 2.04. The van der Waals surface area contributed by atoms with Crippen molar-refractivity contribution in [3.8, 4) is 0 Å². The van der Waals surface area contributed by atoms with E-state index in [1.165, 1.54) is 7.05 Å². The van der Waals surface area contributed by atoms with E-state index in [1.807, 2.05) is 0 Å². The summed E-state index contributed by atoms with van der Waals surface area (Å²) in [6.07, 6.45) is 1.64. The number of piperidine rings is 1. The number of nitrogens with one attached hydrogen (secondary N) is 2. The molecule has 2 rings (SSSR count). The van der Waals surface area contributed by atoms with Gasteiger partial charge in [-0.25, -0.2) is 4.79 Å². The Bertz CT molecular complexity index is 896. The highest BCUT2D eigenvalue weighted by Gasteiger charge is 2.30. The van der Waals surface area contributed by atoms with Crippen LogP contribution in [-0.4, -0.2) is 67.9 Å². The Morgan fingerprint density at radius 1 is 1.16 bits per heavy atom. The van der Waals surface area contributed by atoms with Crippen LogP contribution in [0.25, 0.3) is 0 Å². The molecule has 1 aliphatic rings. The van der Waals surface area contributed by atoms with E-state index >= 15 is 0 Å². The van der Waals surface area contributed by atoms with Crippen molar-refractivity contribution in [2.75, 3.05) is 38.7 Å². The summed E-state index contributed by atoms with van der Waals surface area (Å²) in [4.78, 5) is 63.0. The van der Waals surface area contributed by atoms with E-state index in [9.17, 15) is 24.0 Å². The predicted octanol–water partition coefficient (Wildman–Crippen LogP) is 1.72. The van der Waals surface area contributed by atoms with Gasteiger partial charge in [0.15, 0.2) is 6.61 Å². The summed E-state index contributed by atoms with van der Waals surface area (Å²) in [5.74, 6) is -2.75. The highest BCUT2D eigenvalue weighted by Crippen LogP contribution is 2.33. The van der Waals surface area contributed by atoms with E-state index in [0.29, 0.717) is 31.4 Å². The lowest BCUT2D eigenvalue weighted by atomic mass is 9.98. The fraction of sp³-hybridized carbons (Fsp3) is 0.571. The SMILES string of the molecule is CCOC(=O)c1c(NC(=O)COC(=O)C2CCCN(C(=O)CC)C2)sc(C(=O)NC)c1C. The minimum Gasteiger partial charge on any atom is -0.462 e. The van der Waals surface area contributed by atoms with Crippen LogP contribution >= 0.6 is 11.3 Å². The van der Waals surface area contributed by atoms with E-state index < -0.39 is 36.3 Å². The number of hydrogen-bond donors (Lipinski definition) is 2. The average Bonchev–Trinajstić information content (AvgIpc) is 3.12. The number of ether oxygens (including phenoxy) is 2. The van der Waals surface area contributed by atoms with Crippen LogP contribution in [0.5, 0.6) is 0 Å². The summed E-state index contributed by atoms with van der Waals surface area (Å²) in [6.45, 7) is 5.48. The minimum absolute atomic E-state index is 0.0216. The van der Waals surface area contributed by atoms with Crippen molar-refractivity contribution in [1.82, 2.24) is 10.2 Å². The summed E-state index contributed by atoms with van der Waals surface area (Å²) >= 11 is 0.940. The maximum absolute atomic E-state index is 12.4. The summed E-state index contributed by atoms with van der Waals surface area (Å²) < 4.78 is 10.2. The van der Waals surface area contributed by atoms with Gasteiger partial charge in [-0.1, -0.05) is 6.92 Å². The highest BCUT2D eigenvalue weighted by atomic mass is 32.1. The van der Waals surface area contributed by atoms with Crippen LogP contribution in [0.2, 0.25) is 0 Å². The van der Waals surface area contributed by atoms with E-state index in [1.54, 1.807) is 25.7 Å². The first kappa shape index (κ1) is 25.3. The number of rotatable bonds is 8. The topological polar surface area (TPSA) is 131 Å². The zero-order valence-corrected chi connectivity index (χ0v) is 19.6. The molecule has 0 bridgehead atoms. The van der Waals surface area contributed by atoms with Gasteiger partial charge in [-0.05, 0) is 32.3 Å². The lowest BCUT2D eigenvalue weighted by Gasteiger charge is -2.31. The molecule has 11 heteroatoms. The maximum Gasteiger partial charge on any atom is 0.341 e. The third-order valence-electron chi connectivity index (χ3n) is 5.07. The van der Waals surface area contributed by atoms with Gasteiger partial charge in [0.2, 0.25) is 5.91 Å². The summed E-state index contributed by atoms with van der Waals surface area (Å²) in [5, 5.41) is 5.18. The molecule has 0 radical (unpaired) electrons. The molecule has 1 saturated heterocycles. The molecule has 0 aliphatic carbocycles. The molecular weight excluding hydrogens is 438 g/mol. The molecule has 1 aliphatic heterocycles. The largest absolute Gasteiger partial charge is 0.462 e. The molecule has 3 amide bonds. The van der Waals surface area contributed by atoms with E-state index in [0.717, 1.165) is 11.3 Å². The highest BCUT2D eigenvalue weighted by molar-refractivity contribution is 7.18. The molecule has 1 aromatic heterocycles. The number of likely N-dealkylation sites (tertiary alicyclic amines) is 1. The van der Waals surface area contributed by atoms with Crippen molar-refractivity contribution < 1.29 is 33.4 Å². The van der Waals surface area contributed by atoms with Gasteiger partial charge in [0.1, 0.15) is 5.00 Å². The lowest BCUT2D eigenvalue weighted by Crippen LogP contribution is -2.42. The third kappa shape index (κ3) is 6.06. The minimum atomic E-state index is -0.661. The van der Waals surface area contributed by atoms with Gasteiger partial charge in [-0.2, -0.15) is 0 Å². The van der Waals surface area contributed by atoms with E-state index in [-0.39, 0.29) is 34.5 Å². The number of anilines is 1. The van der Waals surface area contributed by atoms with Crippen LogP contribution in [0, 0.1) is 12.8 Å². The number of carbonyl (C=O) groups excluding carboxylic acids is 5. The normalized spacial score (nSPS) is 15.6. The van der Waals surface area contributed by atoms with Gasteiger partial charge in [0.05, 0.1) is 23.0 Å². The Labute approximate surface area is 190 Å². The van der Waals surface area contributed by atoms with Gasteiger partial charge < -0.3 is 25.0 Å². The zero-order chi connectivity index (χ0) is 23.8. The number of amides is 3. The molecule has 1 fully saturated rings. The van der Waals surface area contributed by atoms with Crippen molar-refractivity contribution >= 4 is 46.0 Å². The van der Waals surface area contributed by atoms with Crippen LogP contribution in [-0.2, 0) is 23.9 Å². The van der Waals surface area contributed by atoms with E-state index in [2.05, 4.69) is 10.6 Å². The summed E-state index contributed by atoms with van der Waals surface area (Å²) in [7, 11) is 1.46. The monoisotopic (exact) mass is 467 g/mol. The fourth-order valence-corrected chi connectivity index (χ4v) is 4.58.